The summed E-state index contributed by atoms with van der Waals surface area (Å²) in [5.41, 5.74) is 0. The first kappa shape index (κ1) is 18.7. The molecule has 3 fully saturated rings. The van der Waals surface area contributed by atoms with E-state index in [1.165, 1.54) is 44.9 Å². The summed E-state index contributed by atoms with van der Waals surface area (Å²) in [4.78, 5) is 14.5. The summed E-state index contributed by atoms with van der Waals surface area (Å²) in [6.07, 6.45) is 8.69. The van der Waals surface area contributed by atoms with Crippen LogP contribution < -0.4 is 20.4 Å². The molecule has 4 rings (SSSR count). The van der Waals surface area contributed by atoms with Gasteiger partial charge in [0.05, 0.1) is 0 Å². The second-order valence-electron chi connectivity index (χ2n) is 8.51. The van der Waals surface area contributed by atoms with Gasteiger partial charge in [-0.1, -0.05) is 6.92 Å². The predicted octanol–water partition coefficient (Wildman–Crippen LogP) is 3.54. The largest absolute Gasteiger partial charge is 0.360 e. The van der Waals surface area contributed by atoms with Crippen molar-refractivity contribution >= 4 is 34.9 Å². The van der Waals surface area contributed by atoms with Crippen LogP contribution in [0.15, 0.2) is 6.07 Å². The molecule has 6 nitrogen and oxygen atoms in total. The highest BCUT2D eigenvalue weighted by molar-refractivity contribution is 7.80. The van der Waals surface area contributed by atoms with E-state index in [2.05, 4.69) is 40.3 Å². The molecule has 1 saturated carbocycles. The molecule has 0 amide bonds. The van der Waals surface area contributed by atoms with E-state index < -0.39 is 0 Å². The first-order valence-electron chi connectivity index (χ1n) is 10.6. The summed E-state index contributed by atoms with van der Waals surface area (Å²) >= 11 is 5.46. The van der Waals surface area contributed by atoms with Crippen molar-refractivity contribution in [1.29, 1.82) is 0 Å². The molecular formula is C20H32N6S. The Morgan fingerprint density at radius 3 is 2.59 bits per heavy atom. The third-order valence-electron chi connectivity index (χ3n) is 5.92. The van der Waals surface area contributed by atoms with Gasteiger partial charge in [-0.3, -0.25) is 0 Å². The fourth-order valence-electron chi connectivity index (χ4n) is 4.17. The maximum Gasteiger partial charge on any atom is 0.232 e. The van der Waals surface area contributed by atoms with Gasteiger partial charge in [0.25, 0.3) is 0 Å². The predicted molar refractivity (Wildman–Crippen MR) is 116 cm³/mol. The second kappa shape index (κ2) is 8.17. The van der Waals surface area contributed by atoms with Gasteiger partial charge in [0.1, 0.15) is 11.6 Å². The molecule has 3 heterocycles. The van der Waals surface area contributed by atoms with Gasteiger partial charge in [0.2, 0.25) is 5.95 Å². The van der Waals surface area contributed by atoms with Gasteiger partial charge in [0.15, 0.2) is 5.11 Å². The highest BCUT2D eigenvalue weighted by Gasteiger charge is 2.25. The number of thiocarbonyl (C=S) groups is 1. The number of piperidine rings is 2. The summed E-state index contributed by atoms with van der Waals surface area (Å²) in [5, 5.41) is 7.21. The molecule has 0 unspecified atom stereocenters. The number of rotatable bonds is 4. The van der Waals surface area contributed by atoms with Gasteiger partial charge in [-0.25, -0.2) is 0 Å². The van der Waals surface area contributed by atoms with Crippen molar-refractivity contribution in [3.8, 4) is 0 Å². The Labute approximate surface area is 168 Å². The van der Waals surface area contributed by atoms with E-state index in [1.54, 1.807) is 0 Å². The van der Waals surface area contributed by atoms with E-state index in [4.69, 9.17) is 22.2 Å². The average molecular weight is 389 g/mol. The number of anilines is 3. The third kappa shape index (κ3) is 4.81. The molecule has 2 N–H and O–H groups in total. The summed E-state index contributed by atoms with van der Waals surface area (Å²) in [6, 6.07) is 3.23. The molecular weight excluding hydrogens is 356 g/mol. The van der Waals surface area contributed by atoms with Crippen molar-refractivity contribution < 1.29 is 0 Å². The van der Waals surface area contributed by atoms with E-state index in [0.717, 1.165) is 31.3 Å². The molecule has 1 aliphatic carbocycles. The van der Waals surface area contributed by atoms with Crippen LogP contribution in [0, 0.1) is 5.92 Å². The third-order valence-corrected chi connectivity index (χ3v) is 6.14. The van der Waals surface area contributed by atoms with Crippen LogP contribution in [0.5, 0.6) is 0 Å². The highest BCUT2D eigenvalue weighted by Crippen LogP contribution is 2.29. The smallest absolute Gasteiger partial charge is 0.232 e. The molecule has 2 aliphatic heterocycles. The van der Waals surface area contributed by atoms with E-state index in [0.29, 0.717) is 29.1 Å². The Balaban J connectivity index is 1.59. The van der Waals surface area contributed by atoms with Crippen molar-refractivity contribution in [2.24, 2.45) is 5.92 Å². The van der Waals surface area contributed by atoms with Crippen molar-refractivity contribution in [3.05, 3.63) is 6.07 Å². The zero-order valence-electron chi connectivity index (χ0n) is 16.6. The molecule has 27 heavy (non-hydrogen) atoms. The minimum absolute atomic E-state index is 0.520. The zero-order valence-corrected chi connectivity index (χ0v) is 17.4. The summed E-state index contributed by atoms with van der Waals surface area (Å²) in [7, 11) is 0. The Morgan fingerprint density at radius 1 is 1.04 bits per heavy atom. The molecule has 2 atom stereocenters. The lowest BCUT2D eigenvalue weighted by Gasteiger charge is -2.36. The normalized spacial score (nSPS) is 26.0. The van der Waals surface area contributed by atoms with Crippen LogP contribution in [-0.2, 0) is 0 Å². The van der Waals surface area contributed by atoms with Crippen molar-refractivity contribution in [1.82, 2.24) is 15.3 Å². The first-order valence-corrected chi connectivity index (χ1v) is 11.0. The van der Waals surface area contributed by atoms with Crippen molar-refractivity contribution in [2.45, 2.75) is 70.9 Å². The van der Waals surface area contributed by atoms with Crippen LogP contribution in [0.3, 0.4) is 0 Å². The number of nitrogens with one attached hydrogen (secondary N) is 2. The molecule has 0 bridgehead atoms. The minimum atomic E-state index is 0.520. The van der Waals surface area contributed by atoms with E-state index in [-0.39, 0.29) is 0 Å². The monoisotopic (exact) mass is 388 g/mol. The molecule has 7 heteroatoms. The van der Waals surface area contributed by atoms with Crippen molar-refractivity contribution in [2.75, 3.05) is 34.8 Å². The number of aromatic nitrogens is 2. The van der Waals surface area contributed by atoms with Crippen LogP contribution in [0.1, 0.15) is 58.8 Å². The van der Waals surface area contributed by atoms with Crippen LogP contribution in [-0.4, -0.2) is 46.8 Å². The average Bonchev–Trinajstić information content (AvgIpc) is 3.45. The maximum atomic E-state index is 5.46. The number of hydrogen-bond acceptors (Lipinski definition) is 5. The molecule has 3 aliphatic rings. The van der Waals surface area contributed by atoms with Crippen LogP contribution in [0.4, 0.5) is 17.6 Å². The first-order chi connectivity index (χ1) is 13.1. The van der Waals surface area contributed by atoms with E-state index in [1.807, 2.05) is 0 Å². The molecule has 148 valence electrons. The highest BCUT2D eigenvalue weighted by atomic mass is 32.1. The lowest BCUT2D eigenvalue weighted by molar-refractivity contribution is 0.444. The molecule has 0 radical (unpaired) electrons. The van der Waals surface area contributed by atoms with E-state index in [9.17, 15) is 0 Å². The number of nitrogens with zero attached hydrogens (tertiary/aromatic N) is 4. The molecule has 2 saturated heterocycles. The lowest BCUT2D eigenvalue weighted by atomic mass is 10.0. The quantitative estimate of drug-likeness (QED) is 0.765. The van der Waals surface area contributed by atoms with Gasteiger partial charge in [-0.2, -0.15) is 9.97 Å². The van der Waals surface area contributed by atoms with Gasteiger partial charge >= 0.3 is 0 Å². The van der Waals surface area contributed by atoms with Crippen molar-refractivity contribution in [3.63, 3.8) is 0 Å². The topological polar surface area (TPSA) is 56.3 Å². The lowest BCUT2D eigenvalue weighted by Crippen LogP contribution is -2.39. The van der Waals surface area contributed by atoms with Gasteiger partial charge in [0, 0.05) is 37.8 Å². The van der Waals surface area contributed by atoms with Crippen LogP contribution >= 0.6 is 12.2 Å². The standard InChI is InChI=1S/C20H32N6S/c1-14-6-5-10-25(13-14)17-12-18(26-11-4-3-7-15(26)2)23-19(22-17)24-20(27)21-16-8-9-16/h12,14-16H,3-11,13H2,1-2H3,(H2,21,22,23,24,27)/t14-,15-/m0/s1. The minimum Gasteiger partial charge on any atom is -0.360 e. The fourth-order valence-corrected chi connectivity index (χ4v) is 4.43. The summed E-state index contributed by atoms with van der Waals surface area (Å²) in [6.45, 7) is 7.83. The van der Waals surface area contributed by atoms with E-state index >= 15 is 0 Å². The Bertz CT molecular complexity index is 676. The van der Waals surface area contributed by atoms with Gasteiger partial charge in [-0.15, -0.1) is 0 Å². The van der Waals surface area contributed by atoms with Crippen LogP contribution in [0.2, 0.25) is 0 Å². The fraction of sp³-hybridized carbons (Fsp3) is 0.750. The van der Waals surface area contributed by atoms with Gasteiger partial charge < -0.3 is 20.4 Å². The second-order valence-corrected chi connectivity index (χ2v) is 8.92. The molecule has 1 aromatic rings. The maximum absolute atomic E-state index is 5.46. The Hall–Kier alpha value is -1.63. The Morgan fingerprint density at radius 2 is 1.85 bits per heavy atom. The summed E-state index contributed by atoms with van der Waals surface area (Å²) < 4.78 is 0. The SMILES string of the molecule is C[C@H]1CCCN(c2cc(N3CCCC[C@@H]3C)nc(NC(=S)NC3CC3)n2)C1. The Kier molecular flexibility index (Phi) is 5.66. The molecule has 0 spiro atoms. The molecule has 0 aromatic carbocycles. The summed E-state index contributed by atoms with van der Waals surface area (Å²) in [5.74, 6) is 3.39. The van der Waals surface area contributed by atoms with Gasteiger partial charge in [-0.05, 0) is 70.0 Å². The van der Waals surface area contributed by atoms with Crippen LogP contribution in [0.25, 0.3) is 0 Å². The molecule has 1 aromatic heterocycles. The zero-order chi connectivity index (χ0) is 18.8. The number of hydrogen-bond donors (Lipinski definition) is 2.